The lowest BCUT2D eigenvalue weighted by atomic mass is 10.1. The predicted octanol–water partition coefficient (Wildman–Crippen LogP) is 4.65. The number of likely N-dealkylation sites (N-methyl/N-ethyl adjacent to an activating group) is 1. The van der Waals surface area contributed by atoms with Gasteiger partial charge >= 0.3 is 0 Å². The summed E-state index contributed by atoms with van der Waals surface area (Å²) in [6.07, 6.45) is 7.89. The molecule has 1 nitrogen and oxygen atoms in total. The van der Waals surface area contributed by atoms with E-state index in [1.54, 1.807) is 6.08 Å². The van der Waals surface area contributed by atoms with Crippen LogP contribution in [0.5, 0.6) is 0 Å². The fraction of sp³-hybridized carbons (Fsp3) is 0.500. The van der Waals surface area contributed by atoms with Gasteiger partial charge in [0.1, 0.15) is 0 Å². The molecule has 0 aliphatic carbocycles. The van der Waals surface area contributed by atoms with Crippen molar-refractivity contribution in [3.63, 3.8) is 0 Å². The number of rotatable bonds is 10. The predicted molar refractivity (Wildman–Crippen MR) is 87.1 cm³/mol. The maximum Gasteiger partial charge on any atom is 0.0290 e. The van der Waals surface area contributed by atoms with Gasteiger partial charge in [-0.15, -0.1) is 0 Å². The molecule has 0 heterocycles. The van der Waals surface area contributed by atoms with Gasteiger partial charge in [-0.1, -0.05) is 44.4 Å². The van der Waals surface area contributed by atoms with E-state index in [1.165, 1.54) is 5.57 Å². The third-order valence-corrected chi connectivity index (χ3v) is 4.06. The Morgan fingerprint density at radius 1 is 1.39 bits per heavy atom. The highest BCUT2D eigenvalue weighted by molar-refractivity contribution is 8.00. The summed E-state index contributed by atoms with van der Waals surface area (Å²) >= 11 is 1.96. The average molecular weight is 265 g/mol. The summed E-state index contributed by atoms with van der Waals surface area (Å²) in [6, 6.07) is 0. The van der Waals surface area contributed by atoms with Gasteiger partial charge in [0.25, 0.3) is 0 Å². The summed E-state index contributed by atoms with van der Waals surface area (Å²) in [5.74, 6) is 1.16. The molecule has 1 unspecified atom stereocenters. The van der Waals surface area contributed by atoms with Gasteiger partial charge < -0.3 is 4.90 Å². The van der Waals surface area contributed by atoms with Crippen LogP contribution in [0.3, 0.4) is 0 Å². The third kappa shape index (κ3) is 7.44. The van der Waals surface area contributed by atoms with Crippen molar-refractivity contribution in [2.45, 2.75) is 31.9 Å². The summed E-state index contributed by atoms with van der Waals surface area (Å²) in [7, 11) is 2.07. The lowest BCUT2D eigenvalue weighted by Crippen LogP contribution is -2.17. The second-order valence-corrected chi connectivity index (χ2v) is 5.98. The fourth-order valence-electron chi connectivity index (χ4n) is 1.56. The van der Waals surface area contributed by atoms with Crippen molar-refractivity contribution in [2.24, 2.45) is 0 Å². The molecule has 0 saturated heterocycles. The second kappa shape index (κ2) is 10.1. The Bertz CT molecular complexity index is 304. The summed E-state index contributed by atoms with van der Waals surface area (Å²) in [5.41, 5.74) is 2.37. The van der Waals surface area contributed by atoms with Crippen molar-refractivity contribution in [1.82, 2.24) is 4.90 Å². The molecule has 102 valence electrons. The van der Waals surface area contributed by atoms with Gasteiger partial charge in [-0.25, -0.2) is 0 Å². The van der Waals surface area contributed by atoms with Gasteiger partial charge in [-0.05, 0) is 31.6 Å². The molecule has 0 amide bonds. The van der Waals surface area contributed by atoms with Gasteiger partial charge in [0.2, 0.25) is 0 Å². The number of allylic oxidation sites excluding steroid dienone is 3. The third-order valence-electron chi connectivity index (χ3n) is 2.90. The van der Waals surface area contributed by atoms with E-state index in [9.17, 15) is 0 Å². The Labute approximate surface area is 117 Å². The van der Waals surface area contributed by atoms with E-state index in [2.05, 4.69) is 45.5 Å². The quantitative estimate of drug-likeness (QED) is 0.418. The van der Waals surface area contributed by atoms with Crippen LogP contribution in [0.4, 0.5) is 0 Å². The Morgan fingerprint density at radius 3 is 2.61 bits per heavy atom. The number of hydrogen-bond acceptors (Lipinski definition) is 2. The van der Waals surface area contributed by atoms with E-state index in [1.807, 2.05) is 23.9 Å². The highest BCUT2D eigenvalue weighted by atomic mass is 32.2. The zero-order valence-corrected chi connectivity index (χ0v) is 12.9. The highest BCUT2D eigenvalue weighted by Gasteiger charge is 2.06. The molecule has 0 aromatic rings. The molecule has 18 heavy (non-hydrogen) atoms. The maximum absolute atomic E-state index is 4.18. The molecular weight excluding hydrogens is 238 g/mol. The first kappa shape index (κ1) is 17.1. The zero-order chi connectivity index (χ0) is 14.0. The Kier molecular flexibility index (Phi) is 9.57. The molecule has 0 aromatic heterocycles. The number of nitrogens with zero attached hydrogens (tertiary/aromatic N) is 1. The van der Waals surface area contributed by atoms with Gasteiger partial charge in [0.05, 0.1) is 0 Å². The smallest absolute Gasteiger partial charge is 0.0290 e. The molecule has 0 aromatic carbocycles. The standard InChI is InChI=1S/C16H27NS/c1-7-9-12-15(4)17(6)13-10-11-14(3)16(5)18-8-2/h7,9,12,16H,1,3-4,8,10-11,13H2,2,5-6H3/b12-9-. The van der Waals surface area contributed by atoms with E-state index in [4.69, 9.17) is 0 Å². The molecule has 0 aliphatic rings. The lowest BCUT2D eigenvalue weighted by molar-refractivity contribution is 0.421. The van der Waals surface area contributed by atoms with Crippen molar-refractivity contribution < 1.29 is 0 Å². The largest absolute Gasteiger partial charge is 0.375 e. The summed E-state index contributed by atoms with van der Waals surface area (Å²) in [6.45, 7) is 17.3. The first-order valence-corrected chi connectivity index (χ1v) is 7.56. The molecule has 0 spiro atoms. The van der Waals surface area contributed by atoms with Crippen LogP contribution >= 0.6 is 11.8 Å². The molecule has 2 heteroatoms. The van der Waals surface area contributed by atoms with Crippen LogP contribution in [0.2, 0.25) is 0 Å². The minimum Gasteiger partial charge on any atom is -0.375 e. The molecule has 0 saturated carbocycles. The van der Waals surface area contributed by atoms with Crippen molar-refractivity contribution in [1.29, 1.82) is 0 Å². The van der Waals surface area contributed by atoms with E-state index >= 15 is 0 Å². The Morgan fingerprint density at radius 2 is 2.06 bits per heavy atom. The maximum atomic E-state index is 4.18. The van der Waals surface area contributed by atoms with E-state index < -0.39 is 0 Å². The monoisotopic (exact) mass is 265 g/mol. The second-order valence-electron chi connectivity index (χ2n) is 4.37. The van der Waals surface area contributed by atoms with Crippen LogP contribution in [0.25, 0.3) is 0 Å². The van der Waals surface area contributed by atoms with Crippen LogP contribution in [0, 0.1) is 0 Å². The summed E-state index contributed by atoms with van der Waals surface area (Å²) in [4.78, 5) is 2.17. The molecule has 0 aliphatic heterocycles. The van der Waals surface area contributed by atoms with E-state index in [0.29, 0.717) is 5.25 Å². The number of thioether (sulfide) groups is 1. The van der Waals surface area contributed by atoms with Crippen LogP contribution in [0.1, 0.15) is 26.7 Å². The van der Waals surface area contributed by atoms with E-state index in [-0.39, 0.29) is 0 Å². The summed E-state index contributed by atoms with van der Waals surface area (Å²) < 4.78 is 0. The van der Waals surface area contributed by atoms with Gasteiger partial charge in [-0.2, -0.15) is 11.8 Å². The van der Waals surface area contributed by atoms with Crippen LogP contribution in [0.15, 0.2) is 49.2 Å². The van der Waals surface area contributed by atoms with Crippen molar-refractivity contribution in [3.05, 3.63) is 49.2 Å². The molecular formula is C16H27NS. The molecule has 0 bridgehead atoms. The minimum absolute atomic E-state index is 0.573. The molecule has 0 radical (unpaired) electrons. The number of hydrogen-bond donors (Lipinski definition) is 0. The topological polar surface area (TPSA) is 3.24 Å². The normalized spacial score (nSPS) is 12.4. The van der Waals surface area contributed by atoms with Crippen molar-refractivity contribution >= 4 is 11.8 Å². The van der Waals surface area contributed by atoms with Crippen molar-refractivity contribution in [3.8, 4) is 0 Å². The first-order valence-electron chi connectivity index (χ1n) is 6.51. The SMILES string of the molecule is C=C/C=C\C(=C)N(C)CCCC(=C)C(C)SCC. The molecule has 1 atom stereocenters. The van der Waals surface area contributed by atoms with Crippen LogP contribution in [-0.4, -0.2) is 29.5 Å². The zero-order valence-electron chi connectivity index (χ0n) is 12.1. The fourth-order valence-corrected chi connectivity index (χ4v) is 2.42. The Hall–Kier alpha value is -0.890. The molecule has 0 fully saturated rings. The average Bonchev–Trinajstić information content (AvgIpc) is 2.35. The minimum atomic E-state index is 0.573. The van der Waals surface area contributed by atoms with Crippen LogP contribution < -0.4 is 0 Å². The lowest BCUT2D eigenvalue weighted by Gasteiger charge is -2.20. The van der Waals surface area contributed by atoms with Gasteiger partial charge in [0.15, 0.2) is 0 Å². The first-order chi connectivity index (χ1) is 8.52. The summed E-state index contributed by atoms with van der Waals surface area (Å²) in [5, 5.41) is 0.573. The van der Waals surface area contributed by atoms with Crippen LogP contribution in [-0.2, 0) is 0 Å². The van der Waals surface area contributed by atoms with Gasteiger partial charge in [-0.3, -0.25) is 0 Å². The van der Waals surface area contributed by atoms with Crippen molar-refractivity contribution in [2.75, 3.05) is 19.3 Å². The van der Waals surface area contributed by atoms with E-state index in [0.717, 1.165) is 30.8 Å². The Balaban J connectivity index is 3.90. The highest BCUT2D eigenvalue weighted by Crippen LogP contribution is 2.21. The molecule has 0 rings (SSSR count). The molecule has 0 N–H and O–H groups in total. The van der Waals surface area contributed by atoms with Gasteiger partial charge in [0, 0.05) is 24.5 Å².